The zero-order valence-corrected chi connectivity index (χ0v) is 12.5. The molecule has 1 aromatic carbocycles. The van der Waals surface area contributed by atoms with E-state index in [-0.39, 0.29) is 32.3 Å². The predicted octanol–water partition coefficient (Wildman–Crippen LogP) is 2.32. The minimum absolute atomic E-state index is 0.114. The Hall–Kier alpha value is -1.46. The minimum Gasteiger partial charge on any atom is -0.504 e. The Morgan fingerprint density at radius 3 is 2.37 bits per heavy atom. The van der Waals surface area contributed by atoms with Gasteiger partial charge in [0.25, 0.3) is 5.56 Å². The normalized spacial score (nSPS) is 11.1. The van der Waals surface area contributed by atoms with Crippen LogP contribution in [0, 0.1) is 6.92 Å². The smallest absolute Gasteiger partial charge is 0.264 e. The van der Waals surface area contributed by atoms with Gasteiger partial charge in [-0.25, -0.2) is 4.98 Å². The number of anilines is 1. The number of halogens is 2. The number of rotatable bonds is 1. The predicted molar refractivity (Wildman–Crippen MR) is 77.7 cm³/mol. The third-order valence-corrected chi connectivity index (χ3v) is 3.91. The molecule has 0 aliphatic rings. The number of nitrogens with zero attached hydrogens (tertiary/aromatic N) is 3. The van der Waals surface area contributed by atoms with E-state index in [1.54, 1.807) is 33.0 Å². The minimum atomic E-state index is -0.325. The van der Waals surface area contributed by atoms with E-state index in [9.17, 15) is 9.90 Å². The van der Waals surface area contributed by atoms with Gasteiger partial charge < -0.3 is 10.0 Å². The molecule has 2 aromatic rings. The fourth-order valence-electron chi connectivity index (χ4n) is 1.93. The van der Waals surface area contributed by atoms with Gasteiger partial charge in [-0.2, -0.15) is 0 Å². The van der Waals surface area contributed by atoms with Crippen molar-refractivity contribution in [3.05, 3.63) is 26.0 Å². The molecule has 0 fully saturated rings. The fraction of sp³-hybridized carbons (Fsp3) is 0.333. The summed E-state index contributed by atoms with van der Waals surface area (Å²) in [6, 6.07) is 0. The number of benzene rings is 1. The van der Waals surface area contributed by atoms with Crippen molar-refractivity contribution in [2.24, 2.45) is 7.05 Å². The van der Waals surface area contributed by atoms with E-state index in [2.05, 4.69) is 4.98 Å². The van der Waals surface area contributed by atoms with Crippen LogP contribution in [0.25, 0.3) is 10.9 Å². The lowest BCUT2D eigenvalue weighted by atomic mass is 10.1. The number of fused-ring (bicyclic) bond motifs is 1. The summed E-state index contributed by atoms with van der Waals surface area (Å²) in [5.74, 6) is 0.183. The molecule has 7 heteroatoms. The molecule has 1 N–H and O–H groups in total. The summed E-state index contributed by atoms with van der Waals surface area (Å²) >= 11 is 12.1. The highest BCUT2D eigenvalue weighted by Crippen LogP contribution is 2.39. The number of aromatic nitrogens is 2. The van der Waals surface area contributed by atoms with Gasteiger partial charge in [0, 0.05) is 21.1 Å². The molecule has 1 aromatic heterocycles. The lowest BCUT2D eigenvalue weighted by molar-refractivity contribution is 0.480. The molecule has 0 aliphatic carbocycles. The molecule has 0 amide bonds. The molecule has 0 radical (unpaired) electrons. The summed E-state index contributed by atoms with van der Waals surface area (Å²) in [4.78, 5) is 18.3. The topological polar surface area (TPSA) is 58.4 Å². The zero-order chi connectivity index (χ0) is 14.5. The second-order valence-corrected chi connectivity index (χ2v) is 5.25. The molecule has 5 nitrogen and oxygen atoms in total. The number of hydrogen-bond acceptors (Lipinski definition) is 4. The lowest BCUT2D eigenvalue weighted by Crippen LogP contribution is -2.26. The van der Waals surface area contributed by atoms with Gasteiger partial charge >= 0.3 is 0 Å². The van der Waals surface area contributed by atoms with Crippen molar-refractivity contribution in [3.63, 3.8) is 0 Å². The standard InChI is InChI=1S/C12H13Cl2N3O2/c1-5-7(13)6-9(10(18)8(5)14)15-12(16(2)3)17(4)11(6)19/h18H,1-4H3. The first kappa shape index (κ1) is 14.0. The van der Waals surface area contributed by atoms with E-state index in [1.807, 2.05) is 0 Å². The van der Waals surface area contributed by atoms with E-state index in [0.29, 0.717) is 11.5 Å². The quantitative estimate of drug-likeness (QED) is 0.878. The molecule has 102 valence electrons. The lowest BCUT2D eigenvalue weighted by Gasteiger charge is -2.17. The third-order valence-electron chi connectivity index (χ3n) is 2.98. The maximum atomic E-state index is 12.3. The number of aromatic hydroxyl groups is 1. The van der Waals surface area contributed by atoms with Gasteiger partial charge in [0.15, 0.2) is 5.75 Å². The number of hydrogen-bond donors (Lipinski definition) is 1. The van der Waals surface area contributed by atoms with Crippen LogP contribution >= 0.6 is 23.2 Å². The largest absolute Gasteiger partial charge is 0.504 e. The Balaban J connectivity index is 3.10. The molecule has 0 saturated carbocycles. The monoisotopic (exact) mass is 301 g/mol. The Morgan fingerprint density at radius 2 is 1.84 bits per heavy atom. The summed E-state index contributed by atoms with van der Waals surface area (Å²) < 4.78 is 1.38. The highest BCUT2D eigenvalue weighted by atomic mass is 35.5. The van der Waals surface area contributed by atoms with Gasteiger partial charge in [-0.15, -0.1) is 0 Å². The van der Waals surface area contributed by atoms with Crippen molar-refractivity contribution in [3.8, 4) is 5.75 Å². The van der Waals surface area contributed by atoms with E-state index in [1.165, 1.54) is 4.57 Å². The van der Waals surface area contributed by atoms with Crippen LogP contribution in [-0.4, -0.2) is 28.8 Å². The molecule has 2 rings (SSSR count). The van der Waals surface area contributed by atoms with Crippen LogP contribution in [0.1, 0.15) is 5.56 Å². The van der Waals surface area contributed by atoms with Crippen molar-refractivity contribution in [1.82, 2.24) is 9.55 Å². The molecule has 0 spiro atoms. The van der Waals surface area contributed by atoms with Gasteiger partial charge in [0.2, 0.25) is 5.95 Å². The Bertz CT molecular complexity index is 738. The van der Waals surface area contributed by atoms with E-state index in [4.69, 9.17) is 23.2 Å². The van der Waals surface area contributed by atoms with Gasteiger partial charge in [-0.1, -0.05) is 23.2 Å². The molecule has 0 unspecified atom stereocenters. The molecule has 0 aliphatic heterocycles. The van der Waals surface area contributed by atoms with Crippen molar-refractivity contribution in [1.29, 1.82) is 0 Å². The highest BCUT2D eigenvalue weighted by molar-refractivity contribution is 6.40. The van der Waals surface area contributed by atoms with Gasteiger partial charge in [-0.05, 0) is 12.5 Å². The molecule has 0 atom stereocenters. The molecular formula is C12H13Cl2N3O2. The number of phenols is 1. The SMILES string of the molecule is Cc1c(Cl)c(O)c2nc(N(C)C)n(C)c(=O)c2c1Cl. The molecule has 0 bridgehead atoms. The third kappa shape index (κ3) is 1.93. The maximum absolute atomic E-state index is 12.3. The molecule has 1 heterocycles. The van der Waals surface area contributed by atoms with E-state index in [0.717, 1.165) is 0 Å². The summed E-state index contributed by atoms with van der Waals surface area (Å²) in [6.07, 6.45) is 0. The van der Waals surface area contributed by atoms with Crippen LogP contribution in [-0.2, 0) is 7.05 Å². The van der Waals surface area contributed by atoms with Gasteiger partial charge in [0.1, 0.15) is 5.52 Å². The van der Waals surface area contributed by atoms with Crippen LogP contribution < -0.4 is 10.5 Å². The first-order valence-corrected chi connectivity index (χ1v) is 6.27. The van der Waals surface area contributed by atoms with Gasteiger partial charge in [0.05, 0.1) is 15.4 Å². The summed E-state index contributed by atoms with van der Waals surface area (Å²) in [7, 11) is 5.10. The molecule has 19 heavy (non-hydrogen) atoms. The Kier molecular flexibility index (Phi) is 3.36. The highest BCUT2D eigenvalue weighted by Gasteiger charge is 2.20. The van der Waals surface area contributed by atoms with Crippen molar-refractivity contribution < 1.29 is 5.11 Å². The van der Waals surface area contributed by atoms with E-state index >= 15 is 0 Å². The summed E-state index contributed by atoms with van der Waals surface area (Å²) in [5.41, 5.74) is 0.256. The van der Waals surface area contributed by atoms with Crippen LogP contribution in [0.3, 0.4) is 0 Å². The first-order chi connectivity index (χ1) is 8.77. The average Bonchev–Trinajstić information content (AvgIpc) is 2.36. The average molecular weight is 302 g/mol. The number of phenolic OH excluding ortho intramolecular Hbond substituents is 1. The fourth-order valence-corrected chi connectivity index (χ4v) is 2.42. The Labute approximate surface area is 120 Å². The van der Waals surface area contributed by atoms with Gasteiger partial charge in [-0.3, -0.25) is 9.36 Å². The van der Waals surface area contributed by atoms with Crippen LogP contribution in [0.5, 0.6) is 5.75 Å². The summed E-state index contributed by atoms with van der Waals surface area (Å²) in [6.45, 7) is 1.64. The summed E-state index contributed by atoms with van der Waals surface area (Å²) in [5, 5.41) is 10.6. The van der Waals surface area contributed by atoms with Crippen molar-refractivity contribution in [2.45, 2.75) is 6.92 Å². The van der Waals surface area contributed by atoms with Crippen LogP contribution in [0.15, 0.2) is 4.79 Å². The second-order valence-electron chi connectivity index (χ2n) is 4.50. The van der Waals surface area contributed by atoms with E-state index < -0.39 is 0 Å². The van der Waals surface area contributed by atoms with Crippen LogP contribution in [0.4, 0.5) is 5.95 Å². The Morgan fingerprint density at radius 1 is 1.26 bits per heavy atom. The zero-order valence-electron chi connectivity index (χ0n) is 11.0. The first-order valence-electron chi connectivity index (χ1n) is 5.52. The molecular weight excluding hydrogens is 289 g/mol. The van der Waals surface area contributed by atoms with Crippen molar-refractivity contribution >= 4 is 40.1 Å². The van der Waals surface area contributed by atoms with Crippen molar-refractivity contribution in [2.75, 3.05) is 19.0 Å². The second kappa shape index (κ2) is 4.58. The van der Waals surface area contributed by atoms with Crippen LogP contribution in [0.2, 0.25) is 10.0 Å². The molecule has 0 saturated heterocycles. The maximum Gasteiger partial charge on any atom is 0.264 e.